The minimum atomic E-state index is -0.0387. The first kappa shape index (κ1) is 11.1. The maximum atomic E-state index is 12.3. The second kappa shape index (κ2) is 4.69. The van der Waals surface area contributed by atoms with Gasteiger partial charge in [0.15, 0.2) is 0 Å². The molecule has 0 saturated heterocycles. The number of carbonyl (C=O) groups excluding carboxylic acids is 1. The monoisotopic (exact) mass is 238 g/mol. The molecule has 0 amide bonds. The number of hydrogen-bond acceptors (Lipinski definition) is 3. The molecular formula is C15H14N2O. The number of fused-ring (bicyclic) bond motifs is 1. The van der Waals surface area contributed by atoms with Crippen molar-refractivity contribution in [2.75, 3.05) is 0 Å². The molecule has 1 aliphatic carbocycles. The fourth-order valence-corrected chi connectivity index (χ4v) is 2.53. The van der Waals surface area contributed by atoms with Crippen molar-refractivity contribution in [2.24, 2.45) is 0 Å². The van der Waals surface area contributed by atoms with E-state index in [1.807, 2.05) is 24.3 Å². The van der Waals surface area contributed by atoms with Crippen LogP contribution in [-0.4, -0.2) is 15.8 Å². The first-order valence-corrected chi connectivity index (χ1v) is 6.21. The molecule has 2 heterocycles. The van der Waals surface area contributed by atoms with Crippen LogP contribution in [0.5, 0.6) is 0 Å². The highest BCUT2D eigenvalue weighted by Crippen LogP contribution is 2.32. The van der Waals surface area contributed by atoms with E-state index in [4.69, 9.17) is 0 Å². The van der Waals surface area contributed by atoms with Gasteiger partial charge in [0.1, 0.15) is 5.78 Å². The number of pyridine rings is 2. The highest BCUT2D eigenvalue weighted by atomic mass is 16.1. The third-order valence-corrected chi connectivity index (χ3v) is 3.43. The summed E-state index contributed by atoms with van der Waals surface area (Å²) in [4.78, 5) is 20.9. The van der Waals surface area contributed by atoms with Gasteiger partial charge in [-0.1, -0.05) is 12.1 Å². The molecule has 0 N–H and O–H groups in total. The van der Waals surface area contributed by atoms with Crippen molar-refractivity contribution in [1.82, 2.24) is 9.97 Å². The van der Waals surface area contributed by atoms with Gasteiger partial charge in [0.05, 0.1) is 11.6 Å². The van der Waals surface area contributed by atoms with Gasteiger partial charge < -0.3 is 0 Å². The average Bonchev–Trinajstić information content (AvgIpc) is 2.84. The van der Waals surface area contributed by atoms with Crippen LogP contribution in [0.4, 0.5) is 0 Å². The van der Waals surface area contributed by atoms with E-state index in [1.165, 1.54) is 5.56 Å². The number of aryl methyl sites for hydroxylation is 1. The van der Waals surface area contributed by atoms with Gasteiger partial charge in [-0.15, -0.1) is 0 Å². The van der Waals surface area contributed by atoms with E-state index in [0.717, 1.165) is 24.2 Å². The van der Waals surface area contributed by atoms with Crippen LogP contribution in [-0.2, 0) is 17.6 Å². The Kier molecular flexibility index (Phi) is 2.89. The Morgan fingerprint density at radius 2 is 2.06 bits per heavy atom. The molecule has 3 rings (SSSR count). The van der Waals surface area contributed by atoms with Crippen LogP contribution in [0.2, 0.25) is 0 Å². The molecule has 1 atom stereocenters. The summed E-state index contributed by atoms with van der Waals surface area (Å²) >= 11 is 0. The second-order valence-electron chi connectivity index (χ2n) is 4.60. The highest BCUT2D eigenvalue weighted by molar-refractivity contribution is 5.87. The summed E-state index contributed by atoms with van der Waals surface area (Å²) in [6.07, 6.45) is 5.75. The molecule has 0 aliphatic heterocycles. The van der Waals surface area contributed by atoms with E-state index in [0.29, 0.717) is 6.42 Å². The molecule has 0 bridgehead atoms. The predicted octanol–water partition coefficient (Wildman–Crippen LogP) is 2.32. The van der Waals surface area contributed by atoms with Crippen LogP contribution < -0.4 is 0 Å². The zero-order chi connectivity index (χ0) is 12.4. The van der Waals surface area contributed by atoms with Gasteiger partial charge in [-0.3, -0.25) is 14.8 Å². The lowest BCUT2D eigenvalue weighted by atomic mass is 9.97. The first-order chi connectivity index (χ1) is 8.84. The largest absolute Gasteiger partial charge is 0.299 e. The number of Topliss-reactive ketones (excluding diaryl/α,β-unsaturated/α-hetero) is 1. The van der Waals surface area contributed by atoms with Crippen LogP contribution in [0, 0.1) is 0 Å². The molecule has 3 nitrogen and oxygen atoms in total. The van der Waals surface area contributed by atoms with E-state index in [9.17, 15) is 4.79 Å². The number of ketones is 1. The quantitative estimate of drug-likeness (QED) is 0.824. The fourth-order valence-electron chi connectivity index (χ4n) is 2.53. The summed E-state index contributed by atoms with van der Waals surface area (Å²) in [5.41, 5.74) is 3.03. The summed E-state index contributed by atoms with van der Waals surface area (Å²) < 4.78 is 0. The number of hydrogen-bond donors (Lipinski definition) is 0. The Hall–Kier alpha value is -2.03. The topological polar surface area (TPSA) is 42.9 Å². The molecule has 0 saturated carbocycles. The SMILES string of the molecule is O=C(Cc1ccccn1)C1CCc2cccnc21. The molecule has 2 aromatic rings. The summed E-state index contributed by atoms with van der Waals surface area (Å²) in [6.45, 7) is 0. The van der Waals surface area contributed by atoms with E-state index >= 15 is 0 Å². The third-order valence-electron chi connectivity index (χ3n) is 3.43. The van der Waals surface area contributed by atoms with Crippen molar-refractivity contribution in [2.45, 2.75) is 25.2 Å². The van der Waals surface area contributed by atoms with Crippen molar-refractivity contribution < 1.29 is 4.79 Å². The number of aromatic nitrogens is 2. The van der Waals surface area contributed by atoms with Crippen molar-refractivity contribution in [3.63, 3.8) is 0 Å². The maximum Gasteiger partial charge on any atom is 0.147 e. The van der Waals surface area contributed by atoms with Gasteiger partial charge in [0, 0.05) is 24.5 Å². The highest BCUT2D eigenvalue weighted by Gasteiger charge is 2.29. The number of rotatable bonds is 3. The second-order valence-corrected chi connectivity index (χ2v) is 4.60. The molecule has 2 aromatic heterocycles. The van der Waals surface area contributed by atoms with Crippen molar-refractivity contribution in [3.8, 4) is 0 Å². The normalized spacial score (nSPS) is 17.4. The Bertz CT molecular complexity index is 566. The minimum Gasteiger partial charge on any atom is -0.299 e. The Morgan fingerprint density at radius 1 is 1.17 bits per heavy atom. The van der Waals surface area contributed by atoms with Crippen LogP contribution in [0.1, 0.15) is 29.3 Å². The number of nitrogens with zero attached hydrogens (tertiary/aromatic N) is 2. The van der Waals surface area contributed by atoms with Gasteiger partial charge in [0.25, 0.3) is 0 Å². The molecule has 18 heavy (non-hydrogen) atoms. The third kappa shape index (κ3) is 2.04. The smallest absolute Gasteiger partial charge is 0.147 e. The van der Waals surface area contributed by atoms with Gasteiger partial charge in [-0.2, -0.15) is 0 Å². The van der Waals surface area contributed by atoms with E-state index in [-0.39, 0.29) is 11.7 Å². The van der Waals surface area contributed by atoms with E-state index in [1.54, 1.807) is 12.4 Å². The maximum absolute atomic E-state index is 12.3. The Morgan fingerprint density at radius 3 is 2.89 bits per heavy atom. The summed E-state index contributed by atoms with van der Waals surface area (Å²) in [6, 6.07) is 9.67. The zero-order valence-corrected chi connectivity index (χ0v) is 10.0. The first-order valence-electron chi connectivity index (χ1n) is 6.21. The number of carbonyl (C=O) groups is 1. The lowest BCUT2D eigenvalue weighted by Gasteiger charge is -2.08. The molecule has 3 heteroatoms. The van der Waals surface area contributed by atoms with E-state index in [2.05, 4.69) is 16.0 Å². The molecule has 0 spiro atoms. The van der Waals surface area contributed by atoms with Crippen LogP contribution in [0.25, 0.3) is 0 Å². The molecule has 0 radical (unpaired) electrons. The lowest BCUT2D eigenvalue weighted by molar-refractivity contribution is -0.119. The average molecular weight is 238 g/mol. The lowest BCUT2D eigenvalue weighted by Crippen LogP contribution is -2.14. The minimum absolute atomic E-state index is 0.0387. The molecule has 0 fully saturated rings. The molecular weight excluding hydrogens is 224 g/mol. The predicted molar refractivity (Wildman–Crippen MR) is 68.2 cm³/mol. The molecule has 0 aromatic carbocycles. The van der Waals surface area contributed by atoms with Crippen molar-refractivity contribution in [1.29, 1.82) is 0 Å². The van der Waals surface area contributed by atoms with Gasteiger partial charge >= 0.3 is 0 Å². The van der Waals surface area contributed by atoms with Gasteiger partial charge in [-0.25, -0.2) is 0 Å². The van der Waals surface area contributed by atoms with Crippen molar-refractivity contribution >= 4 is 5.78 Å². The van der Waals surface area contributed by atoms with Crippen LogP contribution >= 0.6 is 0 Å². The molecule has 1 aliphatic rings. The zero-order valence-electron chi connectivity index (χ0n) is 10.0. The summed E-state index contributed by atoms with van der Waals surface area (Å²) in [7, 11) is 0. The van der Waals surface area contributed by atoms with Crippen LogP contribution in [0.3, 0.4) is 0 Å². The Balaban J connectivity index is 1.79. The van der Waals surface area contributed by atoms with Crippen molar-refractivity contribution in [3.05, 3.63) is 59.7 Å². The van der Waals surface area contributed by atoms with E-state index < -0.39 is 0 Å². The fraction of sp³-hybridized carbons (Fsp3) is 0.267. The standard InChI is InChI=1S/C15H14N2O/c18-14(10-12-5-1-2-8-16-12)13-7-6-11-4-3-9-17-15(11)13/h1-5,8-9,13H,6-7,10H2. The van der Waals surface area contributed by atoms with Crippen LogP contribution in [0.15, 0.2) is 42.7 Å². The van der Waals surface area contributed by atoms with Gasteiger partial charge in [0.2, 0.25) is 0 Å². The summed E-state index contributed by atoms with van der Waals surface area (Å²) in [5, 5.41) is 0. The molecule has 90 valence electrons. The van der Waals surface area contributed by atoms with Gasteiger partial charge in [-0.05, 0) is 36.6 Å². The molecule has 1 unspecified atom stereocenters. The Labute approximate surface area is 106 Å². The summed E-state index contributed by atoms with van der Waals surface area (Å²) in [5.74, 6) is 0.189.